The quantitative estimate of drug-likeness (QED) is 0.738. The lowest BCUT2D eigenvalue weighted by atomic mass is 10.2. The molecule has 0 saturated heterocycles. The van der Waals surface area contributed by atoms with E-state index in [4.69, 9.17) is 4.52 Å². The summed E-state index contributed by atoms with van der Waals surface area (Å²) in [7, 11) is 0. The first kappa shape index (κ1) is 14.2. The molecule has 2 rings (SSSR count). The SMILES string of the molecule is CCCc1noc(CCCC(=O)NCc2cn[nH]n2)n1. The standard InChI is InChI=1S/C12H18N6O2/c1-2-4-10-15-12(20-17-10)6-3-5-11(19)13-7-9-8-14-18-16-9/h8H,2-7H2,1H3,(H,13,19)(H,14,16,18). The summed E-state index contributed by atoms with van der Waals surface area (Å²) < 4.78 is 5.10. The average molecular weight is 278 g/mol. The molecule has 0 radical (unpaired) electrons. The molecule has 8 nitrogen and oxygen atoms in total. The molecule has 0 aliphatic heterocycles. The molecule has 0 spiro atoms. The highest BCUT2D eigenvalue weighted by atomic mass is 16.5. The lowest BCUT2D eigenvalue weighted by Crippen LogP contribution is -2.22. The molecular formula is C12H18N6O2. The fourth-order valence-electron chi connectivity index (χ4n) is 1.71. The molecule has 0 aliphatic carbocycles. The highest BCUT2D eigenvalue weighted by Crippen LogP contribution is 2.04. The molecule has 2 heterocycles. The highest BCUT2D eigenvalue weighted by molar-refractivity contribution is 5.75. The van der Waals surface area contributed by atoms with Crippen LogP contribution in [0.25, 0.3) is 0 Å². The average Bonchev–Trinajstić information content (AvgIpc) is 3.08. The largest absolute Gasteiger partial charge is 0.350 e. The van der Waals surface area contributed by atoms with Crippen molar-refractivity contribution in [2.45, 2.75) is 45.6 Å². The predicted octanol–water partition coefficient (Wildman–Crippen LogP) is 0.779. The molecule has 0 atom stereocenters. The van der Waals surface area contributed by atoms with E-state index in [1.165, 1.54) is 0 Å². The molecule has 2 aromatic rings. The Morgan fingerprint density at radius 3 is 3.10 bits per heavy atom. The number of aryl methyl sites for hydroxylation is 2. The second kappa shape index (κ2) is 7.37. The Morgan fingerprint density at radius 2 is 2.35 bits per heavy atom. The molecule has 2 aromatic heterocycles. The van der Waals surface area contributed by atoms with Gasteiger partial charge in [0.15, 0.2) is 5.82 Å². The van der Waals surface area contributed by atoms with Crippen LogP contribution in [0.15, 0.2) is 10.7 Å². The van der Waals surface area contributed by atoms with E-state index in [2.05, 4.69) is 37.8 Å². The number of amides is 1. The van der Waals surface area contributed by atoms with Gasteiger partial charge in [0.1, 0.15) is 5.69 Å². The number of hydrogen-bond acceptors (Lipinski definition) is 6. The van der Waals surface area contributed by atoms with E-state index in [-0.39, 0.29) is 5.91 Å². The third-order valence-electron chi connectivity index (χ3n) is 2.71. The van der Waals surface area contributed by atoms with Crippen molar-refractivity contribution in [3.8, 4) is 0 Å². The molecular weight excluding hydrogens is 260 g/mol. The van der Waals surface area contributed by atoms with Gasteiger partial charge in [-0.15, -0.1) is 0 Å². The summed E-state index contributed by atoms with van der Waals surface area (Å²) in [6, 6.07) is 0. The maximum absolute atomic E-state index is 11.6. The van der Waals surface area contributed by atoms with E-state index in [0.717, 1.165) is 18.7 Å². The van der Waals surface area contributed by atoms with Crippen LogP contribution in [0, 0.1) is 0 Å². The molecule has 20 heavy (non-hydrogen) atoms. The van der Waals surface area contributed by atoms with Gasteiger partial charge in [0.05, 0.1) is 12.7 Å². The van der Waals surface area contributed by atoms with Crippen LogP contribution >= 0.6 is 0 Å². The summed E-state index contributed by atoms with van der Waals surface area (Å²) in [5, 5.41) is 16.6. The zero-order valence-corrected chi connectivity index (χ0v) is 11.4. The van der Waals surface area contributed by atoms with Crippen molar-refractivity contribution in [2.24, 2.45) is 0 Å². The van der Waals surface area contributed by atoms with Crippen LogP contribution in [0.5, 0.6) is 0 Å². The van der Waals surface area contributed by atoms with Crippen LogP contribution < -0.4 is 5.32 Å². The third kappa shape index (κ3) is 4.45. The van der Waals surface area contributed by atoms with Crippen molar-refractivity contribution in [1.82, 2.24) is 30.9 Å². The number of aromatic nitrogens is 5. The van der Waals surface area contributed by atoms with Gasteiger partial charge in [0.2, 0.25) is 11.8 Å². The highest BCUT2D eigenvalue weighted by Gasteiger charge is 2.07. The first-order valence-electron chi connectivity index (χ1n) is 6.70. The number of nitrogens with one attached hydrogen (secondary N) is 2. The predicted molar refractivity (Wildman–Crippen MR) is 69.5 cm³/mol. The Hall–Kier alpha value is -2.25. The van der Waals surface area contributed by atoms with E-state index >= 15 is 0 Å². The molecule has 0 aromatic carbocycles. The van der Waals surface area contributed by atoms with E-state index < -0.39 is 0 Å². The van der Waals surface area contributed by atoms with Crippen molar-refractivity contribution in [1.29, 1.82) is 0 Å². The molecule has 108 valence electrons. The Labute approximate surface area is 116 Å². The van der Waals surface area contributed by atoms with E-state index in [0.29, 0.717) is 37.4 Å². The Bertz CT molecular complexity index is 522. The molecule has 2 N–H and O–H groups in total. The first-order valence-corrected chi connectivity index (χ1v) is 6.70. The second-order valence-electron chi connectivity index (χ2n) is 4.45. The van der Waals surface area contributed by atoms with Crippen molar-refractivity contribution in [2.75, 3.05) is 0 Å². The number of H-pyrrole nitrogens is 1. The van der Waals surface area contributed by atoms with E-state index in [1.54, 1.807) is 6.20 Å². The number of rotatable bonds is 8. The van der Waals surface area contributed by atoms with Crippen LogP contribution in [0.4, 0.5) is 0 Å². The zero-order chi connectivity index (χ0) is 14.2. The van der Waals surface area contributed by atoms with Gasteiger partial charge in [0, 0.05) is 19.3 Å². The van der Waals surface area contributed by atoms with Gasteiger partial charge >= 0.3 is 0 Å². The number of nitrogens with zero attached hydrogens (tertiary/aromatic N) is 4. The summed E-state index contributed by atoms with van der Waals surface area (Å²) >= 11 is 0. The summed E-state index contributed by atoms with van der Waals surface area (Å²) in [5.41, 5.74) is 0.708. The fourth-order valence-corrected chi connectivity index (χ4v) is 1.71. The molecule has 0 unspecified atom stereocenters. The number of aromatic amines is 1. The lowest BCUT2D eigenvalue weighted by Gasteiger charge is -2.01. The van der Waals surface area contributed by atoms with Crippen molar-refractivity contribution < 1.29 is 9.32 Å². The third-order valence-corrected chi connectivity index (χ3v) is 2.71. The number of hydrogen-bond donors (Lipinski definition) is 2. The number of carbonyl (C=O) groups excluding carboxylic acids is 1. The van der Waals surface area contributed by atoms with Gasteiger partial charge in [-0.2, -0.15) is 20.4 Å². The van der Waals surface area contributed by atoms with Crippen molar-refractivity contribution >= 4 is 5.91 Å². The Morgan fingerprint density at radius 1 is 1.45 bits per heavy atom. The molecule has 0 saturated carbocycles. The van der Waals surface area contributed by atoms with Gasteiger partial charge in [-0.05, 0) is 12.8 Å². The summed E-state index contributed by atoms with van der Waals surface area (Å²) in [6.45, 7) is 2.45. The zero-order valence-electron chi connectivity index (χ0n) is 11.4. The summed E-state index contributed by atoms with van der Waals surface area (Å²) in [6.07, 6.45) is 5.11. The minimum Gasteiger partial charge on any atom is -0.350 e. The van der Waals surface area contributed by atoms with Crippen molar-refractivity contribution in [3.63, 3.8) is 0 Å². The van der Waals surface area contributed by atoms with E-state index in [1.807, 2.05) is 0 Å². The van der Waals surface area contributed by atoms with Gasteiger partial charge < -0.3 is 9.84 Å². The monoisotopic (exact) mass is 278 g/mol. The van der Waals surface area contributed by atoms with Gasteiger partial charge in [-0.1, -0.05) is 12.1 Å². The maximum Gasteiger partial charge on any atom is 0.226 e. The van der Waals surface area contributed by atoms with Gasteiger partial charge in [0.25, 0.3) is 0 Å². The first-order chi connectivity index (χ1) is 9.78. The van der Waals surface area contributed by atoms with E-state index in [9.17, 15) is 4.79 Å². The fraction of sp³-hybridized carbons (Fsp3) is 0.583. The Kier molecular flexibility index (Phi) is 5.22. The number of carbonyl (C=O) groups is 1. The van der Waals surface area contributed by atoms with Gasteiger partial charge in [-0.25, -0.2) is 0 Å². The summed E-state index contributed by atoms with van der Waals surface area (Å²) in [5.74, 6) is 1.30. The minimum absolute atomic E-state index is 0.0266. The molecule has 8 heteroatoms. The van der Waals surface area contributed by atoms with Gasteiger partial charge in [-0.3, -0.25) is 4.79 Å². The lowest BCUT2D eigenvalue weighted by molar-refractivity contribution is -0.121. The molecule has 1 amide bonds. The maximum atomic E-state index is 11.6. The van der Waals surface area contributed by atoms with Crippen LogP contribution in [0.3, 0.4) is 0 Å². The van der Waals surface area contributed by atoms with Crippen LogP contribution in [0.1, 0.15) is 43.6 Å². The smallest absolute Gasteiger partial charge is 0.226 e. The topological polar surface area (TPSA) is 110 Å². The molecule has 0 bridgehead atoms. The normalized spacial score (nSPS) is 10.7. The second-order valence-corrected chi connectivity index (χ2v) is 4.45. The van der Waals surface area contributed by atoms with Crippen LogP contribution in [-0.2, 0) is 24.2 Å². The summed E-state index contributed by atoms with van der Waals surface area (Å²) in [4.78, 5) is 15.9. The van der Waals surface area contributed by atoms with Crippen molar-refractivity contribution in [3.05, 3.63) is 23.6 Å². The molecule has 0 aliphatic rings. The van der Waals surface area contributed by atoms with Crippen LogP contribution in [0.2, 0.25) is 0 Å². The van der Waals surface area contributed by atoms with Crippen LogP contribution in [-0.4, -0.2) is 31.5 Å². The Balaban J connectivity index is 1.63. The minimum atomic E-state index is -0.0266. The molecule has 0 fully saturated rings.